The number of nitrogens with one attached hydrogen (secondary N) is 2. The number of ether oxygens (including phenoxy) is 1. The molecule has 0 amide bonds. The van der Waals surface area contributed by atoms with Gasteiger partial charge in [0.25, 0.3) is 0 Å². The van der Waals surface area contributed by atoms with Crippen LogP contribution in [0.1, 0.15) is 18.7 Å². The average molecular weight is 249 g/mol. The lowest BCUT2D eigenvalue weighted by Crippen LogP contribution is -2.42. The highest BCUT2D eigenvalue weighted by atomic mass is 19.1. The Morgan fingerprint density at radius 1 is 1.44 bits per heavy atom. The number of para-hydroxylation sites is 2. The minimum absolute atomic E-state index is 0.230. The quantitative estimate of drug-likeness (QED) is 0.876. The summed E-state index contributed by atoms with van der Waals surface area (Å²) in [5.41, 5.74) is 1.94. The van der Waals surface area contributed by atoms with E-state index in [1.165, 1.54) is 0 Å². The molecule has 1 aliphatic heterocycles. The molecule has 96 valence electrons. The normalized spacial score (nSPS) is 24.5. The van der Waals surface area contributed by atoms with Crippen LogP contribution >= 0.6 is 0 Å². The molecule has 18 heavy (non-hydrogen) atoms. The maximum Gasteiger partial charge on any atom is 0.214 e. The van der Waals surface area contributed by atoms with E-state index in [1.807, 2.05) is 24.3 Å². The molecule has 0 radical (unpaired) electrons. The number of hydrogen-bond acceptors (Lipinski definition) is 3. The van der Waals surface area contributed by atoms with Crippen molar-refractivity contribution in [1.82, 2.24) is 15.3 Å². The summed E-state index contributed by atoms with van der Waals surface area (Å²) >= 11 is 0. The Morgan fingerprint density at radius 3 is 3.17 bits per heavy atom. The van der Waals surface area contributed by atoms with E-state index >= 15 is 0 Å². The summed E-state index contributed by atoms with van der Waals surface area (Å²) in [6, 6.07) is 7.62. The van der Waals surface area contributed by atoms with Crippen LogP contribution in [0.2, 0.25) is 0 Å². The molecular formula is C13H16FN3O. The third kappa shape index (κ3) is 2.37. The molecule has 2 atom stereocenters. The zero-order valence-electron chi connectivity index (χ0n) is 10.0. The fourth-order valence-corrected chi connectivity index (χ4v) is 2.26. The van der Waals surface area contributed by atoms with E-state index in [1.54, 1.807) is 0 Å². The van der Waals surface area contributed by atoms with Crippen molar-refractivity contribution in [3.8, 4) is 0 Å². The first-order chi connectivity index (χ1) is 8.83. The SMILES string of the molecule is FC1OCCCC1NCc1nc2ccccc2[nH]1. The van der Waals surface area contributed by atoms with Crippen molar-refractivity contribution >= 4 is 11.0 Å². The second kappa shape index (κ2) is 5.04. The van der Waals surface area contributed by atoms with E-state index in [4.69, 9.17) is 4.74 Å². The number of hydrogen-bond donors (Lipinski definition) is 2. The number of nitrogens with zero attached hydrogens (tertiary/aromatic N) is 1. The van der Waals surface area contributed by atoms with Crippen molar-refractivity contribution in [2.75, 3.05) is 6.61 Å². The summed E-state index contributed by atoms with van der Waals surface area (Å²) in [7, 11) is 0. The van der Waals surface area contributed by atoms with Crippen LogP contribution in [0, 0.1) is 0 Å². The van der Waals surface area contributed by atoms with Gasteiger partial charge < -0.3 is 15.0 Å². The van der Waals surface area contributed by atoms with Crippen molar-refractivity contribution in [1.29, 1.82) is 0 Å². The van der Waals surface area contributed by atoms with Gasteiger partial charge in [-0.3, -0.25) is 0 Å². The largest absolute Gasteiger partial charge is 0.347 e. The summed E-state index contributed by atoms with van der Waals surface area (Å²) in [5.74, 6) is 0.828. The number of alkyl halides is 1. The first-order valence-corrected chi connectivity index (χ1v) is 6.25. The molecule has 1 aliphatic rings. The highest BCUT2D eigenvalue weighted by Gasteiger charge is 2.24. The number of H-pyrrole nitrogens is 1. The number of aromatic amines is 1. The van der Waals surface area contributed by atoms with Gasteiger partial charge in [-0.25, -0.2) is 9.37 Å². The van der Waals surface area contributed by atoms with Crippen molar-refractivity contribution < 1.29 is 9.13 Å². The molecule has 0 spiro atoms. The lowest BCUT2D eigenvalue weighted by Gasteiger charge is -2.26. The third-order valence-electron chi connectivity index (χ3n) is 3.22. The highest BCUT2D eigenvalue weighted by molar-refractivity contribution is 5.74. The van der Waals surface area contributed by atoms with Gasteiger partial charge in [0.05, 0.1) is 30.2 Å². The van der Waals surface area contributed by atoms with Crippen LogP contribution < -0.4 is 5.32 Å². The predicted molar refractivity (Wildman–Crippen MR) is 66.8 cm³/mol. The Labute approximate surface area is 105 Å². The molecular weight excluding hydrogens is 233 g/mol. The van der Waals surface area contributed by atoms with Gasteiger partial charge in [-0.2, -0.15) is 0 Å². The fraction of sp³-hybridized carbons (Fsp3) is 0.462. The number of imidazole rings is 1. The smallest absolute Gasteiger partial charge is 0.214 e. The molecule has 1 fully saturated rings. The molecule has 1 aromatic heterocycles. The average Bonchev–Trinajstić information content (AvgIpc) is 2.80. The molecule has 0 aliphatic carbocycles. The van der Waals surface area contributed by atoms with E-state index in [2.05, 4.69) is 15.3 Å². The minimum Gasteiger partial charge on any atom is -0.347 e. The predicted octanol–water partition coefficient (Wildman–Crippen LogP) is 2.13. The number of aromatic nitrogens is 2. The van der Waals surface area contributed by atoms with Crippen LogP contribution in [0.25, 0.3) is 11.0 Å². The number of halogens is 1. The molecule has 2 aromatic rings. The fourth-order valence-electron chi connectivity index (χ4n) is 2.26. The van der Waals surface area contributed by atoms with E-state index in [0.717, 1.165) is 29.7 Å². The Balaban J connectivity index is 1.65. The van der Waals surface area contributed by atoms with Gasteiger partial charge in [-0.1, -0.05) is 12.1 Å². The van der Waals surface area contributed by atoms with Crippen LogP contribution in [-0.2, 0) is 11.3 Å². The molecule has 4 nitrogen and oxygen atoms in total. The molecule has 5 heteroatoms. The minimum atomic E-state index is -1.21. The van der Waals surface area contributed by atoms with E-state index in [0.29, 0.717) is 13.2 Å². The van der Waals surface area contributed by atoms with Crippen molar-refractivity contribution in [3.05, 3.63) is 30.1 Å². The molecule has 2 unspecified atom stereocenters. The Kier molecular flexibility index (Phi) is 3.25. The van der Waals surface area contributed by atoms with E-state index in [9.17, 15) is 4.39 Å². The Bertz CT molecular complexity index is 495. The molecule has 1 saturated heterocycles. The molecule has 1 aromatic carbocycles. The van der Waals surface area contributed by atoms with Crippen LogP contribution in [0.4, 0.5) is 4.39 Å². The summed E-state index contributed by atoms with van der Waals surface area (Å²) in [6.07, 6.45) is 0.503. The van der Waals surface area contributed by atoms with Gasteiger partial charge in [0.2, 0.25) is 6.36 Å². The van der Waals surface area contributed by atoms with Gasteiger partial charge in [0.15, 0.2) is 0 Å². The van der Waals surface area contributed by atoms with Gasteiger partial charge in [0.1, 0.15) is 5.82 Å². The van der Waals surface area contributed by atoms with Crippen molar-refractivity contribution in [3.63, 3.8) is 0 Å². The van der Waals surface area contributed by atoms with Gasteiger partial charge >= 0.3 is 0 Å². The van der Waals surface area contributed by atoms with Crippen LogP contribution in [-0.4, -0.2) is 29.0 Å². The Morgan fingerprint density at radius 2 is 2.33 bits per heavy atom. The Hall–Kier alpha value is -1.46. The lowest BCUT2D eigenvalue weighted by molar-refractivity contribution is -0.0898. The van der Waals surface area contributed by atoms with Crippen LogP contribution in [0.15, 0.2) is 24.3 Å². The van der Waals surface area contributed by atoms with Gasteiger partial charge in [0, 0.05) is 0 Å². The van der Waals surface area contributed by atoms with Gasteiger partial charge in [-0.05, 0) is 25.0 Å². The molecule has 2 heterocycles. The van der Waals surface area contributed by atoms with Gasteiger partial charge in [-0.15, -0.1) is 0 Å². The first-order valence-electron chi connectivity index (χ1n) is 6.25. The summed E-state index contributed by atoms with van der Waals surface area (Å²) in [6.45, 7) is 1.05. The van der Waals surface area contributed by atoms with Crippen molar-refractivity contribution in [2.45, 2.75) is 31.8 Å². The van der Waals surface area contributed by atoms with E-state index in [-0.39, 0.29) is 6.04 Å². The second-order valence-corrected chi connectivity index (χ2v) is 4.55. The molecule has 0 saturated carbocycles. The maximum absolute atomic E-state index is 13.4. The summed E-state index contributed by atoms with van der Waals surface area (Å²) < 4.78 is 18.4. The monoisotopic (exact) mass is 249 g/mol. The topological polar surface area (TPSA) is 49.9 Å². The molecule has 2 N–H and O–H groups in total. The summed E-state index contributed by atoms with van der Waals surface area (Å²) in [4.78, 5) is 7.65. The molecule has 3 rings (SSSR count). The zero-order chi connectivity index (χ0) is 12.4. The van der Waals surface area contributed by atoms with E-state index < -0.39 is 6.36 Å². The van der Waals surface area contributed by atoms with Crippen molar-refractivity contribution in [2.24, 2.45) is 0 Å². The first kappa shape index (κ1) is 11.6. The third-order valence-corrected chi connectivity index (χ3v) is 3.22. The second-order valence-electron chi connectivity index (χ2n) is 4.55. The van der Waals surface area contributed by atoms with Crippen LogP contribution in [0.3, 0.4) is 0 Å². The maximum atomic E-state index is 13.4. The zero-order valence-corrected chi connectivity index (χ0v) is 10.0. The van der Waals surface area contributed by atoms with Crippen LogP contribution in [0.5, 0.6) is 0 Å². The number of benzene rings is 1. The standard InChI is InChI=1S/C13H16FN3O/c14-13-11(6-3-7-18-13)15-8-12-16-9-4-1-2-5-10(9)17-12/h1-2,4-5,11,13,15H,3,6-8H2,(H,16,17). The number of fused-ring (bicyclic) bond motifs is 1. The molecule has 0 bridgehead atoms. The summed E-state index contributed by atoms with van der Waals surface area (Å²) in [5, 5.41) is 3.15. The number of rotatable bonds is 3. The lowest BCUT2D eigenvalue weighted by atomic mass is 10.1. The highest BCUT2D eigenvalue weighted by Crippen LogP contribution is 2.16.